The van der Waals surface area contributed by atoms with Crippen molar-refractivity contribution >= 4 is 5.91 Å². The van der Waals surface area contributed by atoms with Crippen molar-refractivity contribution in [2.75, 3.05) is 13.1 Å². The molecule has 5 nitrogen and oxygen atoms in total. The second-order valence-corrected chi connectivity index (χ2v) is 6.56. The van der Waals surface area contributed by atoms with E-state index in [-0.39, 0.29) is 24.8 Å². The van der Waals surface area contributed by atoms with Crippen LogP contribution in [0.2, 0.25) is 0 Å². The molecule has 1 aromatic heterocycles. The first-order valence-corrected chi connectivity index (χ1v) is 8.14. The molecule has 1 aliphatic carbocycles. The molecule has 23 heavy (non-hydrogen) atoms. The van der Waals surface area contributed by atoms with E-state index in [1.54, 1.807) is 15.9 Å². The van der Waals surface area contributed by atoms with Gasteiger partial charge in [0.15, 0.2) is 0 Å². The van der Waals surface area contributed by atoms with Crippen molar-refractivity contribution in [2.45, 2.75) is 50.7 Å². The van der Waals surface area contributed by atoms with Gasteiger partial charge in [-0.05, 0) is 32.1 Å². The number of likely N-dealkylation sites (tertiary alicyclic amines) is 1. The van der Waals surface area contributed by atoms with E-state index >= 15 is 0 Å². The van der Waals surface area contributed by atoms with Crippen molar-refractivity contribution in [3.05, 3.63) is 12.7 Å². The van der Waals surface area contributed by atoms with Gasteiger partial charge in [-0.25, -0.2) is 9.67 Å². The van der Waals surface area contributed by atoms with Crippen LogP contribution in [0.15, 0.2) is 12.7 Å². The molecule has 0 spiro atoms. The van der Waals surface area contributed by atoms with Crippen molar-refractivity contribution in [1.82, 2.24) is 19.7 Å². The Balaban J connectivity index is 1.63. The van der Waals surface area contributed by atoms with E-state index in [0.29, 0.717) is 25.9 Å². The van der Waals surface area contributed by atoms with Gasteiger partial charge in [-0.1, -0.05) is 6.42 Å². The zero-order chi connectivity index (χ0) is 16.4. The summed E-state index contributed by atoms with van der Waals surface area (Å²) in [6.45, 7) is 1.13. The van der Waals surface area contributed by atoms with Crippen LogP contribution < -0.4 is 0 Å². The zero-order valence-corrected chi connectivity index (χ0v) is 12.9. The van der Waals surface area contributed by atoms with Gasteiger partial charge in [0.05, 0.1) is 12.0 Å². The number of rotatable bonds is 2. The molecule has 0 unspecified atom stereocenters. The van der Waals surface area contributed by atoms with Crippen LogP contribution in [0.4, 0.5) is 13.2 Å². The lowest BCUT2D eigenvalue weighted by atomic mass is 9.80. The predicted molar refractivity (Wildman–Crippen MR) is 76.4 cm³/mol. The number of amides is 1. The number of halogens is 3. The molecule has 1 saturated carbocycles. The first-order valence-electron chi connectivity index (χ1n) is 8.14. The van der Waals surface area contributed by atoms with Gasteiger partial charge in [-0.15, -0.1) is 0 Å². The summed E-state index contributed by atoms with van der Waals surface area (Å²) in [7, 11) is 0. The molecule has 1 saturated heterocycles. The molecule has 3 atom stereocenters. The summed E-state index contributed by atoms with van der Waals surface area (Å²) < 4.78 is 40.5. The van der Waals surface area contributed by atoms with Crippen LogP contribution in [0.5, 0.6) is 0 Å². The van der Waals surface area contributed by atoms with Crippen LogP contribution >= 0.6 is 0 Å². The van der Waals surface area contributed by atoms with E-state index in [9.17, 15) is 18.0 Å². The predicted octanol–water partition coefficient (Wildman–Crippen LogP) is 2.81. The Morgan fingerprint density at radius 2 is 2.00 bits per heavy atom. The number of nitrogens with zero attached hydrogens (tertiary/aromatic N) is 4. The summed E-state index contributed by atoms with van der Waals surface area (Å²) in [6.07, 6.45) is 1.76. The summed E-state index contributed by atoms with van der Waals surface area (Å²) >= 11 is 0. The van der Waals surface area contributed by atoms with Crippen molar-refractivity contribution in [1.29, 1.82) is 0 Å². The molecule has 0 bridgehead atoms. The Hall–Kier alpha value is -1.60. The first-order chi connectivity index (χ1) is 10.9. The number of hydrogen-bond donors (Lipinski definition) is 0. The van der Waals surface area contributed by atoms with E-state index in [2.05, 4.69) is 10.1 Å². The summed E-state index contributed by atoms with van der Waals surface area (Å²) in [5.41, 5.74) is 0. The zero-order valence-electron chi connectivity index (χ0n) is 12.9. The average molecular weight is 330 g/mol. The minimum Gasteiger partial charge on any atom is -0.340 e. The van der Waals surface area contributed by atoms with Crippen molar-refractivity contribution in [3.8, 4) is 0 Å². The molecule has 0 aromatic carbocycles. The standard InChI is InChI=1S/C15H21F3N4O/c16-15(17,18)12-4-1-3-11(7-12)14(23)21-6-2-5-13(8-21)22-10-19-9-20-22/h9-13H,1-8H2/t11-,12-,13+/m1/s1. The van der Waals surface area contributed by atoms with Gasteiger partial charge in [0.25, 0.3) is 0 Å². The van der Waals surface area contributed by atoms with Crippen molar-refractivity contribution in [2.24, 2.45) is 11.8 Å². The lowest BCUT2D eigenvalue weighted by Gasteiger charge is -2.37. The number of aromatic nitrogens is 3. The summed E-state index contributed by atoms with van der Waals surface area (Å²) in [6, 6.07) is 0.0669. The van der Waals surface area contributed by atoms with Crippen LogP contribution in [-0.4, -0.2) is 44.8 Å². The quantitative estimate of drug-likeness (QED) is 0.838. The minimum atomic E-state index is -4.19. The molecular formula is C15H21F3N4O. The fourth-order valence-corrected chi connectivity index (χ4v) is 3.75. The van der Waals surface area contributed by atoms with E-state index < -0.39 is 18.0 Å². The smallest absolute Gasteiger partial charge is 0.340 e. The largest absolute Gasteiger partial charge is 0.391 e. The third-order valence-electron chi connectivity index (χ3n) is 5.01. The molecule has 1 aliphatic heterocycles. The van der Waals surface area contributed by atoms with Crippen molar-refractivity contribution < 1.29 is 18.0 Å². The van der Waals surface area contributed by atoms with Gasteiger partial charge in [0.2, 0.25) is 5.91 Å². The molecule has 2 fully saturated rings. The topological polar surface area (TPSA) is 51.0 Å². The molecule has 3 rings (SSSR count). The molecular weight excluding hydrogens is 309 g/mol. The van der Waals surface area contributed by atoms with Crippen LogP contribution in [0.3, 0.4) is 0 Å². The summed E-state index contributed by atoms with van der Waals surface area (Å²) in [5, 5.41) is 4.11. The van der Waals surface area contributed by atoms with Gasteiger partial charge >= 0.3 is 6.18 Å². The first kappa shape index (κ1) is 16.3. The molecule has 2 heterocycles. The number of carbonyl (C=O) groups is 1. The highest BCUT2D eigenvalue weighted by Crippen LogP contribution is 2.40. The molecule has 128 valence electrons. The van der Waals surface area contributed by atoms with Gasteiger partial charge in [0, 0.05) is 19.0 Å². The Morgan fingerprint density at radius 1 is 1.17 bits per heavy atom. The fraction of sp³-hybridized carbons (Fsp3) is 0.800. The third-order valence-corrected chi connectivity index (χ3v) is 5.01. The second kappa shape index (κ2) is 6.49. The Kier molecular flexibility index (Phi) is 4.59. The molecule has 0 radical (unpaired) electrons. The SMILES string of the molecule is O=C([C@@H]1CCC[C@@H](C(F)(F)F)C1)N1CCC[C@H](n2cncn2)C1. The Bertz CT molecular complexity index is 531. The maximum Gasteiger partial charge on any atom is 0.391 e. The van der Waals surface area contributed by atoms with E-state index in [0.717, 1.165) is 12.8 Å². The highest BCUT2D eigenvalue weighted by atomic mass is 19.4. The van der Waals surface area contributed by atoms with E-state index in [1.165, 1.54) is 6.33 Å². The minimum absolute atomic E-state index is 0.0627. The van der Waals surface area contributed by atoms with Crippen LogP contribution in [0.1, 0.15) is 44.6 Å². The molecule has 1 aromatic rings. The monoisotopic (exact) mass is 330 g/mol. The lowest BCUT2D eigenvalue weighted by molar-refractivity contribution is -0.187. The lowest BCUT2D eigenvalue weighted by Crippen LogP contribution is -2.45. The van der Waals surface area contributed by atoms with Gasteiger partial charge in [-0.3, -0.25) is 4.79 Å². The highest BCUT2D eigenvalue weighted by molar-refractivity contribution is 5.79. The van der Waals surface area contributed by atoms with E-state index in [4.69, 9.17) is 0 Å². The van der Waals surface area contributed by atoms with E-state index in [1.807, 2.05) is 0 Å². The fourth-order valence-electron chi connectivity index (χ4n) is 3.75. The third kappa shape index (κ3) is 3.67. The van der Waals surface area contributed by atoms with Gasteiger partial charge in [0.1, 0.15) is 12.7 Å². The number of carbonyl (C=O) groups excluding carboxylic acids is 1. The maximum atomic E-state index is 12.9. The maximum absolute atomic E-state index is 12.9. The van der Waals surface area contributed by atoms with Crippen LogP contribution in [0.25, 0.3) is 0 Å². The summed E-state index contributed by atoms with van der Waals surface area (Å²) in [4.78, 5) is 18.3. The molecule has 0 N–H and O–H groups in total. The molecule has 2 aliphatic rings. The average Bonchev–Trinajstić information content (AvgIpc) is 3.08. The number of alkyl halides is 3. The number of piperidine rings is 1. The second-order valence-electron chi connectivity index (χ2n) is 6.56. The normalized spacial score (nSPS) is 29.5. The van der Waals surface area contributed by atoms with Crippen LogP contribution in [-0.2, 0) is 4.79 Å². The Labute approximate surface area is 132 Å². The summed E-state index contributed by atoms with van der Waals surface area (Å²) in [5.74, 6) is -1.95. The molecule has 1 amide bonds. The van der Waals surface area contributed by atoms with Gasteiger partial charge < -0.3 is 4.90 Å². The highest BCUT2D eigenvalue weighted by Gasteiger charge is 2.44. The number of hydrogen-bond acceptors (Lipinski definition) is 3. The van der Waals surface area contributed by atoms with Crippen molar-refractivity contribution in [3.63, 3.8) is 0 Å². The Morgan fingerprint density at radius 3 is 2.70 bits per heavy atom. The van der Waals surface area contributed by atoms with Gasteiger partial charge in [-0.2, -0.15) is 18.3 Å². The molecule has 8 heteroatoms. The van der Waals surface area contributed by atoms with Crippen LogP contribution in [0, 0.1) is 11.8 Å².